The van der Waals surface area contributed by atoms with E-state index in [1.54, 1.807) is 72.1 Å². The van der Waals surface area contributed by atoms with Gasteiger partial charge in [-0.05, 0) is 54.1 Å². The zero-order valence-corrected chi connectivity index (χ0v) is 25.4. The Labute approximate surface area is 270 Å². The highest BCUT2D eigenvalue weighted by molar-refractivity contribution is 8.00. The largest absolute Gasteiger partial charge is 0.321 e. The van der Waals surface area contributed by atoms with Crippen LogP contribution in [0.3, 0.4) is 0 Å². The standard InChI is InChI=1S/C33H24FN5O5S2/c34-24-14-12-21(13-15-24)16-28(36-31(41)22-6-2-1-3-7-22)32(42)35-25-9-5-11-27(18-25)45-20-30(40)38-33-37-29(19-46-33)23-8-4-10-26(17-23)39(43)44/h1-19H,20H2,(H,35,42)(H,36,41)(H,37,38,40)/b28-16-. The molecule has 1 aromatic heterocycles. The molecule has 0 saturated carbocycles. The van der Waals surface area contributed by atoms with E-state index in [1.165, 1.54) is 65.6 Å². The first-order chi connectivity index (χ1) is 22.2. The van der Waals surface area contributed by atoms with Gasteiger partial charge in [0.2, 0.25) is 5.91 Å². The number of hydrogen-bond donors (Lipinski definition) is 3. The first-order valence-electron chi connectivity index (χ1n) is 13.6. The Kier molecular flexibility index (Phi) is 10.3. The molecule has 0 aliphatic rings. The second-order valence-corrected chi connectivity index (χ2v) is 11.5. The van der Waals surface area contributed by atoms with Gasteiger partial charge in [-0.1, -0.05) is 48.5 Å². The first kappa shape index (κ1) is 31.8. The van der Waals surface area contributed by atoms with E-state index in [4.69, 9.17) is 0 Å². The van der Waals surface area contributed by atoms with Gasteiger partial charge >= 0.3 is 0 Å². The Bertz CT molecular complexity index is 1930. The van der Waals surface area contributed by atoms with Crippen LogP contribution in [0.1, 0.15) is 15.9 Å². The van der Waals surface area contributed by atoms with E-state index in [1.807, 2.05) is 0 Å². The maximum Gasteiger partial charge on any atom is 0.272 e. The van der Waals surface area contributed by atoms with Crippen molar-refractivity contribution >= 4 is 63.4 Å². The molecule has 0 unspecified atom stereocenters. The fourth-order valence-electron chi connectivity index (χ4n) is 4.08. The molecule has 5 aromatic rings. The van der Waals surface area contributed by atoms with Crippen LogP contribution in [0.15, 0.2) is 119 Å². The Morgan fingerprint density at radius 2 is 1.67 bits per heavy atom. The highest BCUT2D eigenvalue weighted by atomic mass is 32.2. The molecule has 0 saturated heterocycles. The van der Waals surface area contributed by atoms with Crippen LogP contribution in [0.4, 0.5) is 20.9 Å². The van der Waals surface area contributed by atoms with Gasteiger partial charge in [0.25, 0.3) is 17.5 Å². The van der Waals surface area contributed by atoms with Crippen molar-refractivity contribution in [2.75, 3.05) is 16.4 Å². The molecule has 0 spiro atoms. The quantitative estimate of drug-likeness (QED) is 0.0603. The van der Waals surface area contributed by atoms with E-state index in [9.17, 15) is 28.9 Å². The molecule has 3 N–H and O–H groups in total. The third kappa shape index (κ3) is 8.71. The highest BCUT2D eigenvalue weighted by Gasteiger charge is 2.16. The maximum absolute atomic E-state index is 13.4. The lowest BCUT2D eigenvalue weighted by Crippen LogP contribution is -2.30. The average Bonchev–Trinajstić information content (AvgIpc) is 3.53. The number of nitrogens with one attached hydrogen (secondary N) is 3. The number of anilines is 2. The minimum absolute atomic E-state index is 0.0476. The predicted molar refractivity (Wildman–Crippen MR) is 177 cm³/mol. The molecule has 0 aliphatic heterocycles. The number of carbonyl (C=O) groups is 3. The Morgan fingerprint density at radius 3 is 2.43 bits per heavy atom. The highest BCUT2D eigenvalue weighted by Crippen LogP contribution is 2.28. The van der Waals surface area contributed by atoms with Crippen molar-refractivity contribution in [3.8, 4) is 11.3 Å². The van der Waals surface area contributed by atoms with Gasteiger partial charge in [0.15, 0.2) is 5.13 Å². The number of amides is 3. The van der Waals surface area contributed by atoms with Crippen LogP contribution in [0.2, 0.25) is 0 Å². The van der Waals surface area contributed by atoms with Crippen molar-refractivity contribution in [3.63, 3.8) is 0 Å². The van der Waals surface area contributed by atoms with Gasteiger partial charge in [-0.3, -0.25) is 24.5 Å². The summed E-state index contributed by atoms with van der Waals surface area (Å²) in [5.41, 5.74) is 2.26. The van der Waals surface area contributed by atoms with E-state index >= 15 is 0 Å². The molecule has 230 valence electrons. The minimum atomic E-state index is -0.600. The van der Waals surface area contributed by atoms with Crippen molar-refractivity contribution in [1.82, 2.24) is 10.3 Å². The molecule has 5 rings (SSSR count). The number of thioether (sulfide) groups is 1. The van der Waals surface area contributed by atoms with Crippen LogP contribution in [0.5, 0.6) is 0 Å². The summed E-state index contributed by atoms with van der Waals surface area (Å²) >= 11 is 2.44. The summed E-state index contributed by atoms with van der Waals surface area (Å²) in [5, 5.41) is 21.3. The fraction of sp³-hybridized carbons (Fsp3) is 0.0303. The molecule has 4 aromatic carbocycles. The molecule has 0 radical (unpaired) electrons. The number of carbonyl (C=O) groups excluding carboxylic acids is 3. The van der Waals surface area contributed by atoms with Gasteiger partial charge in [0.05, 0.1) is 16.4 Å². The van der Waals surface area contributed by atoms with Crippen LogP contribution >= 0.6 is 23.1 Å². The van der Waals surface area contributed by atoms with E-state index < -0.39 is 22.6 Å². The number of non-ortho nitro benzene ring substituents is 1. The molecular formula is C33H24FN5O5S2. The van der Waals surface area contributed by atoms with E-state index in [-0.39, 0.29) is 23.0 Å². The summed E-state index contributed by atoms with van der Waals surface area (Å²) in [4.78, 5) is 54.4. The van der Waals surface area contributed by atoms with E-state index in [0.717, 1.165) is 0 Å². The number of nitro benzene ring substituents is 1. The van der Waals surface area contributed by atoms with Gasteiger partial charge in [-0.15, -0.1) is 23.1 Å². The molecule has 0 atom stereocenters. The number of nitro groups is 1. The van der Waals surface area contributed by atoms with Crippen LogP contribution in [0, 0.1) is 15.9 Å². The van der Waals surface area contributed by atoms with Crippen LogP contribution in [0.25, 0.3) is 17.3 Å². The lowest BCUT2D eigenvalue weighted by molar-refractivity contribution is -0.384. The number of halogens is 1. The van der Waals surface area contributed by atoms with Crippen molar-refractivity contribution in [2.24, 2.45) is 0 Å². The summed E-state index contributed by atoms with van der Waals surface area (Å²) in [7, 11) is 0. The number of benzene rings is 4. The average molecular weight is 654 g/mol. The topological polar surface area (TPSA) is 143 Å². The zero-order chi connectivity index (χ0) is 32.5. The minimum Gasteiger partial charge on any atom is -0.321 e. The summed E-state index contributed by atoms with van der Waals surface area (Å²) < 4.78 is 13.4. The molecule has 10 nitrogen and oxygen atoms in total. The van der Waals surface area contributed by atoms with Crippen molar-refractivity contribution in [2.45, 2.75) is 4.90 Å². The zero-order valence-electron chi connectivity index (χ0n) is 23.8. The van der Waals surface area contributed by atoms with Crippen LogP contribution in [-0.2, 0) is 9.59 Å². The smallest absolute Gasteiger partial charge is 0.272 e. The van der Waals surface area contributed by atoms with Gasteiger partial charge in [-0.25, -0.2) is 9.37 Å². The second-order valence-electron chi connectivity index (χ2n) is 9.59. The number of aromatic nitrogens is 1. The van der Waals surface area contributed by atoms with E-state index in [2.05, 4.69) is 20.9 Å². The Morgan fingerprint density at radius 1 is 0.913 bits per heavy atom. The monoisotopic (exact) mass is 653 g/mol. The third-order valence-corrected chi connectivity index (χ3v) is 8.03. The summed E-state index contributed by atoms with van der Waals surface area (Å²) in [6.45, 7) is 0. The van der Waals surface area contributed by atoms with Crippen molar-refractivity contribution in [3.05, 3.63) is 141 Å². The lowest BCUT2D eigenvalue weighted by Gasteiger charge is -2.12. The Balaban J connectivity index is 1.22. The molecular weight excluding hydrogens is 630 g/mol. The Hall–Kier alpha value is -5.66. The summed E-state index contributed by atoms with van der Waals surface area (Å²) in [6, 6.07) is 26.8. The SMILES string of the molecule is O=C(CSc1cccc(NC(=O)/C(=C/c2ccc(F)cc2)NC(=O)c2ccccc2)c1)Nc1nc(-c2cccc([N+](=O)[O-])c2)cs1. The van der Waals surface area contributed by atoms with Crippen molar-refractivity contribution < 1.29 is 23.7 Å². The summed E-state index contributed by atoms with van der Waals surface area (Å²) in [6.07, 6.45) is 1.45. The second kappa shape index (κ2) is 14.9. The maximum atomic E-state index is 13.4. The molecule has 13 heteroatoms. The predicted octanol–water partition coefficient (Wildman–Crippen LogP) is 7.00. The van der Waals surface area contributed by atoms with Gasteiger partial charge in [0, 0.05) is 39.2 Å². The van der Waals surface area contributed by atoms with Gasteiger partial charge in [0.1, 0.15) is 11.5 Å². The molecule has 3 amide bonds. The lowest BCUT2D eigenvalue weighted by atomic mass is 10.1. The number of rotatable bonds is 11. The molecule has 0 bridgehead atoms. The van der Waals surface area contributed by atoms with Gasteiger partial charge < -0.3 is 16.0 Å². The van der Waals surface area contributed by atoms with Gasteiger partial charge in [-0.2, -0.15) is 0 Å². The summed E-state index contributed by atoms with van der Waals surface area (Å²) in [5.74, 6) is -1.79. The number of nitrogens with zero attached hydrogens (tertiary/aromatic N) is 2. The number of hydrogen-bond acceptors (Lipinski definition) is 8. The third-order valence-electron chi connectivity index (χ3n) is 6.27. The van der Waals surface area contributed by atoms with E-state index in [0.29, 0.717) is 38.1 Å². The molecule has 0 fully saturated rings. The molecule has 1 heterocycles. The van der Waals surface area contributed by atoms with Crippen LogP contribution in [-0.4, -0.2) is 33.4 Å². The number of thiazole rings is 1. The first-order valence-corrected chi connectivity index (χ1v) is 15.5. The normalized spacial score (nSPS) is 11.0. The molecule has 0 aliphatic carbocycles. The molecule has 46 heavy (non-hydrogen) atoms. The van der Waals surface area contributed by atoms with Crippen molar-refractivity contribution in [1.29, 1.82) is 0 Å². The fourth-order valence-corrected chi connectivity index (χ4v) is 5.57. The van der Waals surface area contributed by atoms with Crippen LogP contribution < -0.4 is 16.0 Å².